The molecule has 0 N–H and O–H groups in total. The zero-order valence-corrected chi connectivity index (χ0v) is 15.2. The van der Waals surface area contributed by atoms with Gasteiger partial charge in [-0.25, -0.2) is 9.97 Å². The van der Waals surface area contributed by atoms with Crippen molar-refractivity contribution in [1.82, 2.24) is 14.4 Å². The molecular weight excluding hydrogens is 344 g/mol. The number of hydrogen-bond donors (Lipinski definition) is 0. The molecule has 4 rings (SSSR count). The lowest BCUT2D eigenvalue weighted by Gasteiger charge is -2.08. The summed E-state index contributed by atoms with van der Waals surface area (Å²) in [7, 11) is 0. The lowest BCUT2D eigenvalue weighted by Crippen LogP contribution is -1.99. The van der Waals surface area contributed by atoms with Gasteiger partial charge in [-0.2, -0.15) is 5.26 Å². The van der Waals surface area contributed by atoms with Crippen LogP contribution in [0.3, 0.4) is 0 Å². The molecule has 0 amide bonds. The third-order valence-electron chi connectivity index (χ3n) is 4.18. The van der Waals surface area contributed by atoms with Gasteiger partial charge in [-0.1, -0.05) is 41.7 Å². The van der Waals surface area contributed by atoms with Gasteiger partial charge in [0, 0.05) is 29.2 Å². The third kappa shape index (κ3) is 2.63. The normalized spacial score (nSPS) is 10.8. The maximum absolute atomic E-state index is 9.61. The Labute approximate surface area is 155 Å². The van der Waals surface area contributed by atoms with E-state index in [-0.39, 0.29) is 0 Å². The zero-order chi connectivity index (χ0) is 18.1. The second kappa shape index (κ2) is 6.62. The van der Waals surface area contributed by atoms with Crippen LogP contribution in [0.2, 0.25) is 0 Å². The molecule has 0 aliphatic rings. The van der Waals surface area contributed by atoms with Crippen molar-refractivity contribution in [1.29, 1.82) is 5.26 Å². The predicted molar refractivity (Wildman–Crippen MR) is 102 cm³/mol. The Hall–Kier alpha value is -3.17. The highest BCUT2D eigenvalue weighted by Gasteiger charge is 2.19. The molecule has 0 spiro atoms. The van der Waals surface area contributed by atoms with Crippen LogP contribution in [0.25, 0.3) is 26.7 Å². The number of nitriles is 1. The average molecular weight is 360 g/mol. The first-order chi connectivity index (χ1) is 12.7. The fourth-order valence-corrected chi connectivity index (χ4v) is 4.07. The smallest absolute Gasteiger partial charge is 0.232 e. The average Bonchev–Trinajstić information content (AvgIpc) is 3.22. The number of ether oxygens (including phenoxy) is 1. The molecule has 0 bridgehead atoms. The highest BCUT2D eigenvalue weighted by Crippen LogP contribution is 2.37. The number of fused-ring (bicyclic) bond motifs is 1. The maximum Gasteiger partial charge on any atom is 0.232 e. The van der Waals surface area contributed by atoms with Crippen LogP contribution < -0.4 is 4.74 Å². The first-order valence-electron chi connectivity index (χ1n) is 8.29. The number of hydrogen-bond acceptors (Lipinski definition) is 5. The maximum atomic E-state index is 9.61. The lowest BCUT2D eigenvalue weighted by molar-refractivity contribution is 0.326. The van der Waals surface area contributed by atoms with Gasteiger partial charge in [-0.05, 0) is 19.9 Å². The van der Waals surface area contributed by atoms with Gasteiger partial charge < -0.3 is 4.74 Å². The second-order valence-electron chi connectivity index (χ2n) is 5.74. The molecule has 0 saturated carbocycles. The Bertz CT molecular complexity index is 1120. The summed E-state index contributed by atoms with van der Waals surface area (Å²) >= 11 is 1.57. The SMILES string of the molecule is CCOc1nccc(-c2sc3nc(-c4ccccc4)cn3c2C)c1C#N. The van der Waals surface area contributed by atoms with Crippen molar-refractivity contribution in [2.24, 2.45) is 0 Å². The van der Waals surface area contributed by atoms with Gasteiger partial charge in [0.25, 0.3) is 0 Å². The van der Waals surface area contributed by atoms with E-state index in [4.69, 9.17) is 9.72 Å². The predicted octanol–water partition coefficient (Wildman–Crippen LogP) is 4.70. The molecule has 0 atom stereocenters. The van der Waals surface area contributed by atoms with Gasteiger partial charge >= 0.3 is 0 Å². The van der Waals surface area contributed by atoms with Crippen LogP contribution in [-0.4, -0.2) is 21.0 Å². The van der Waals surface area contributed by atoms with Gasteiger partial charge in [0.05, 0.1) is 17.2 Å². The monoisotopic (exact) mass is 360 g/mol. The highest BCUT2D eigenvalue weighted by atomic mass is 32.1. The summed E-state index contributed by atoms with van der Waals surface area (Å²) in [5.74, 6) is 0.378. The minimum absolute atomic E-state index is 0.378. The fourth-order valence-electron chi connectivity index (χ4n) is 2.93. The van der Waals surface area contributed by atoms with E-state index < -0.39 is 0 Å². The Morgan fingerprint density at radius 3 is 2.73 bits per heavy atom. The second-order valence-corrected chi connectivity index (χ2v) is 6.72. The molecule has 1 aromatic carbocycles. The number of benzene rings is 1. The molecule has 5 nitrogen and oxygen atoms in total. The minimum Gasteiger partial charge on any atom is -0.477 e. The van der Waals surface area contributed by atoms with Crippen molar-refractivity contribution in [3.05, 3.63) is 60.0 Å². The molecule has 6 heteroatoms. The molecule has 0 fully saturated rings. The van der Waals surface area contributed by atoms with Crippen molar-refractivity contribution < 1.29 is 4.74 Å². The van der Waals surface area contributed by atoms with Crippen LogP contribution >= 0.6 is 11.3 Å². The van der Waals surface area contributed by atoms with Crippen molar-refractivity contribution in [2.45, 2.75) is 13.8 Å². The summed E-state index contributed by atoms with van der Waals surface area (Å²) in [5.41, 5.74) is 4.37. The number of aryl methyl sites for hydroxylation is 1. The topological polar surface area (TPSA) is 63.2 Å². The van der Waals surface area contributed by atoms with E-state index in [1.54, 1.807) is 17.5 Å². The Kier molecular flexibility index (Phi) is 4.15. The van der Waals surface area contributed by atoms with Gasteiger partial charge in [0.1, 0.15) is 11.6 Å². The summed E-state index contributed by atoms with van der Waals surface area (Å²) in [6, 6.07) is 14.2. The molecular formula is C20H16N4OS. The van der Waals surface area contributed by atoms with Crippen molar-refractivity contribution >= 4 is 16.3 Å². The number of aromatic nitrogens is 3. The Morgan fingerprint density at radius 2 is 2.04 bits per heavy atom. The number of imidazole rings is 1. The summed E-state index contributed by atoms with van der Waals surface area (Å²) < 4.78 is 7.58. The fraction of sp³-hybridized carbons (Fsp3) is 0.150. The molecule has 0 saturated heterocycles. The van der Waals surface area contributed by atoms with Crippen LogP contribution in [0, 0.1) is 18.3 Å². The summed E-state index contributed by atoms with van der Waals surface area (Å²) in [5, 5.41) is 9.61. The van der Waals surface area contributed by atoms with E-state index >= 15 is 0 Å². The Balaban J connectivity index is 1.85. The largest absolute Gasteiger partial charge is 0.477 e. The molecule has 3 heterocycles. The molecule has 4 aromatic rings. The van der Waals surface area contributed by atoms with Crippen LogP contribution in [0.15, 0.2) is 48.8 Å². The zero-order valence-electron chi connectivity index (χ0n) is 14.4. The molecule has 128 valence electrons. The van der Waals surface area contributed by atoms with Gasteiger partial charge in [0.15, 0.2) is 4.96 Å². The van der Waals surface area contributed by atoms with Crippen LogP contribution in [0.1, 0.15) is 18.2 Å². The summed E-state index contributed by atoms with van der Waals surface area (Å²) in [6.45, 7) is 4.39. The molecule has 0 unspecified atom stereocenters. The molecule has 0 radical (unpaired) electrons. The van der Waals surface area contributed by atoms with Crippen LogP contribution in [0.4, 0.5) is 0 Å². The third-order valence-corrected chi connectivity index (χ3v) is 5.37. The highest BCUT2D eigenvalue weighted by molar-refractivity contribution is 7.20. The molecule has 3 aromatic heterocycles. The van der Waals surface area contributed by atoms with Crippen molar-refractivity contribution in [2.75, 3.05) is 6.61 Å². The molecule has 0 aliphatic heterocycles. The standard InChI is InChI=1S/C20H16N4OS/c1-3-25-19-16(11-21)15(9-10-22-19)18-13(2)24-12-17(23-20(24)26-18)14-7-5-4-6-8-14/h4-10,12H,3H2,1-2H3. The van der Waals surface area contributed by atoms with E-state index in [1.807, 2.05) is 56.4 Å². The quantitative estimate of drug-likeness (QED) is 0.529. The Morgan fingerprint density at radius 1 is 1.23 bits per heavy atom. The molecule has 26 heavy (non-hydrogen) atoms. The van der Waals surface area contributed by atoms with E-state index in [1.165, 1.54) is 0 Å². The minimum atomic E-state index is 0.378. The summed E-state index contributed by atoms with van der Waals surface area (Å²) in [6.07, 6.45) is 3.72. The summed E-state index contributed by atoms with van der Waals surface area (Å²) in [4.78, 5) is 10.8. The number of nitrogens with zero attached hydrogens (tertiary/aromatic N) is 4. The van der Waals surface area contributed by atoms with E-state index in [9.17, 15) is 5.26 Å². The molecule has 0 aliphatic carbocycles. The first-order valence-corrected chi connectivity index (χ1v) is 9.10. The van der Waals surface area contributed by atoms with Crippen molar-refractivity contribution in [3.8, 4) is 33.6 Å². The van der Waals surface area contributed by atoms with Gasteiger partial charge in [-0.15, -0.1) is 0 Å². The van der Waals surface area contributed by atoms with E-state index in [0.717, 1.165) is 32.4 Å². The van der Waals surface area contributed by atoms with Crippen molar-refractivity contribution in [3.63, 3.8) is 0 Å². The van der Waals surface area contributed by atoms with Crippen LogP contribution in [0.5, 0.6) is 5.88 Å². The number of pyridine rings is 1. The van der Waals surface area contributed by atoms with E-state index in [0.29, 0.717) is 18.1 Å². The van der Waals surface area contributed by atoms with Gasteiger partial charge in [-0.3, -0.25) is 4.40 Å². The first kappa shape index (κ1) is 16.3. The van der Waals surface area contributed by atoms with Crippen LogP contribution in [-0.2, 0) is 0 Å². The number of rotatable bonds is 4. The van der Waals surface area contributed by atoms with E-state index in [2.05, 4.69) is 15.5 Å². The number of thiazole rings is 1. The lowest BCUT2D eigenvalue weighted by atomic mass is 10.1. The van der Waals surface area contributed by atoms with Gasteiger partial charge in [0.2, 0.25) is 5.88 Å².